The molecule has 1 aromatic heterocycles. The Balaban J connectivity index is 2.81. The third-order valence-corrected chi connectivity index (χ3v) is 2.32. The van der Waals surface area contributed by atoms with E-state index in [1.165, 1.54) is 0 Å². The van der Waals surface area contributed by atoms with E-state index >= 15 is 0 Å². The van der Waals surface area contributed by atoms with Crippen LogP contribution in [0, 0.1) is 12.3 Å². The molecule has 0 fully saturated rings. The van der Waals surface area contributed by atoms with E-state index < -0.39 is 17.9 Å². The number of hydrogen-bond acceptors (Lipinski definition) is 4. The number of H-pyrrole nitrogens is 1. The van der Waals surface area contributed by atoms with Gasteiger partial charge in [-0.1, -0.05) is 20.8 Å². The molecule has 0 radical (unpaired) electrons. The Morgan fingerprint density at radius 2 is 2.16 bits per heavy atom. The zero-order valence-electron chi connectivity index (χ0n) is 11.0. The Bertz CT molecular complexity index is 522. The van der Waals surface area contributed by atoms with E-state index in [0.717, 1.165) is 0 Å². The van der Waals surface area contributed by atoms with Crippen LogP contribution in [-0.4, -0.2) is 38.2 Å². The number of nitrogens with one attached hydrogen (secondary N) is 2. The molecule has 0 aliphatic carbocycles. The van der Waals surface area contributed by atoms with Crippen molar-refractivity contribution in [1.82, 2.24) is 20.5 Å². The molecule has 1 aromatic rings. The molecule has 1 heterocycles. The molecule has 102 valence electrons. The summed E-state index contributed by atoms with van der Waals surface area (Å²) in [4.78, 5) is 26.7. The average molecular weight is 264 g/mol. The van der Waals surface area contributed by atoms with E-state index in [4.69, 9.17) is 11.5 Å². The lowest BCUT2D eigenvalue weighted by Crippen LogP contribution is -2.41. The lowest BCUT2D eigenvalue weighted by atomic mass is 9.96. The summed E-state index contributed by atoms with van der Waals surface area (Å²) < 4.78 is 0. The van der Waals surface area contributed by atoms with Crippen LogP contribution in [0.5, 0.6) is 0 Å². The number of aliphatic carboxylic acids is 1. The molecule has 7 heteroatoms. The second-order valence-electron chi connectivity index (χ2n) is 5.03. The van der Waals surface area contributed by atoms with E-state index in [9.17, 15) is 9.59 Å². The van der Waals surface area contributed by atoms with E-state index in [1.807, 2.05) is 20.8 Å². The maximum atomic E-state index is 11.8. The summed E-state index contributed by atoms with van der Waals surface area (Å²) in [6.07, 6.45) is 4.94. The lowest BCUT2D eigenvalue weighted by molar-refractivity contribution is -0.139. The average Bonchev–Trinajstić information content (AvgIpc) is 2.76. The highest BCUT2D eigenvalue weighted by Gasteiger charge is 2.24. The molecule has 0 aromatic carbocycles. The number of rotatable bonds is 4. The molecule has 0 aliphatic rings. The standard InChI is InChI=1S/C12H16N4O3/c1-5-6-7(10(18)19)13-9(17)8-14-11(16-15-8)12(2,3)4/h1,7H,6H2,2-4H3,(H,13,17)(H,18,19)(H,14,15,16). The first-order valence-corrected chi connectivity index (χ1v) is 5.65. The molecule has 0 spiro atoms. The molecule has 0 saturated carbocycles. The molecule has 3 N–H and O–H groups in total. The molecule has 0 saturated heterocycles. The first-order chi connectivity index (χ1) is 8.75. The molecule has 0 aliphatic heterocycles. The number of carboxylic acid groups (broad SMARTS) is 1. The smallest absolute Gasteiger partial charge is 0.327 e. The van der Waals surface area contributed by atoms with Gasteiger partial charge in [0.2, 0.25) is 5.82 Å². The summed E-state index contributed by atoms with van der Waals surface area (Å²) in [6, 6.07) is -1.14. The van der Waals surface area contributed by atoms with Gasteiger partial charge in [0.1, 0.15) is 11.9 Å². The van der Waals surface area contributed by atoms with Gasteiger partial charge in [0.15, 0.2) is 0 Å². The van der Waals surface area contributed by atoms with Gasteiger partial charge in [-0.2, -0.15) is 0 Å². The summed E-state index contributed by atoms with van der Waals surface area (Å²) in [5.74, 6) is 0.762. The van der Waals surface area contributed by atoms with Gasteiger partial charge in [-0.05, 0) is 0 Å². The number of aromatic amines is 1. The van der Waals surface area contributed by atoms with Gasteiger partial charge in [0.05, 0.1) is 0 Å². The maximum Gasteiger partial charge on any atom is 0.327 e. The predicted molar refractivity (Wildman–Crippen MR) is 67.4 cm³/mol. The Kier molecular flexibility index (Phi) is 4.27. The second-order valence-corrected chi connectivity index (χ2v) is 5.03. The fraction of sp³-hybridized carbons (Fsp3) is 0.500. The highest BCUT2D eigenvalue weighted by Crippen LogP contribution is 2.17. The number of hydrogen-bond donors (Lipinski definition) is 3. The van der Waals surface area contributed by atoms with Gasteiger partial charge in [0.25, 0.3) is 5.91 Å². The van der Waals surface area contributed by atoms with Crippen LogP contribution in [0.4, 0.5) is 0 Å². The quantitative estimate of drug-likeness (QED) is 0.678. The van der Waals surface area contributed by atoms with E-state index in [0.29, 0.717) is 5.82 Å². The van der Waals surface area contributed by atoms with Crippen LogP contribution >= 0.6 is 0 Å². The van der Waals surface area contributed by atoms with Crippen molar-refractivity contribution in [3.05, 3.63) is 11.6 Å². The topological polar surface area (TPSA) is 108 Å². The predicted octanol–water partition coefficient (Wildman–Crippen LogP) is 0.308. The molecule has 0 bridgehead atoms. The van der Waals surface area contributed by atoms with Crippen molar-refractivity contribution >= 4 is 11.9 Å². The van der Waals surface area contributed by atoms with Crippen LogP contribution in [0.3, 0.4) is 0 Å². The maximum absolute atomic E-state index is 11.8. The fourth-order valence-corrected chi connectivity index (χ4v) is 1.24. The van der Waals surface area contributed by atoms with Crippen molar-refractivity contribution < 1.29 is 14.7 Å². The van der Waals surface area contributed by atoms with Crippen LogP contribution in [-0.2, 0) is 10.2 Å². The summed E-state index contributed by atoms with van der Waals surface area (Å²) in [6.45, 7) is 5.73. The van der Waals surface area contributed by atoms with E-state index in [2.05, 4.69) is 26.4 Å². The fourth-order valence-electron chi connectivity index (χ4n) is 1.24. The molecule has 1 unspecified atom stereocenters. The highest BCUT2D eigenvalue weighted by atomic mass is 16.4. The lowest BCUT2D eigenvalue weighted by Gasteiger charge is -2.13. The Labute approximate surface area is 110 Å². The Morgan fingerprint density at radius 1 is 1.53 bits per heavy atom. The van der Waals surface area contributed by atoms with Crippen molar-refractivity contribution in [2.45, 2.75) is 38.6 Å². The summed E-state index contributed by atoms with van der Waals surface area (Å²) in [5, 5.41) is 17.6. The van der Waals surface area contributed by atoms with Gasteiger partial charge in [-0.25, -0.2) is 9.78 Å². The molecular weight excluding hydrogens is 248 g/mol. The van der Waals surface area contributed by atoms with Crippen molar-refractivity contribution in [2.24, 2.45) is 0 Å². The highest BCUT2D eigenvalue weighted by molar-refractivity contribution is 5.93. The van der Waals surface area contributed by atoms with Crippen LogP contribution in [0.15, 0.2) is 0 Å². The van der Waals surface area contributed by atoms with Crippen LogP contribution in [0.1, 0.15) is 43.6 Å². The number of carbonyl (C=O) groups excluding carboxylic acids is 1. The van der Waals surface area contributed by atoms with E-state index in [1.54, 1.807) is 0 Å². The monoisotopic (exact) mass is 264 g/mol. The Morgan fingerprint density at radius 3 is 2.58 bits per heavy atom. The van der Waals surface area contributed by atoms with Crippen molar-refractivity contribution in [3.8, 4) is 12.3 Å². The van der Waals surface area contributed by atoms with E-state index in [-0.39, 0.29) is 17.7 Å². The van der Waals surface area contributed by atoms with Crippen molar-refractivity contribution in [2.75, 3.05) is 0 Å². The zero-order valence-corrected chi connectivity index (χ0v) is 11.0. The second kappa shape index (κ2) is 5.52. The minimum Gasteiger partial charge on any atom is -0.480 e. The molecule has 1 rings (SSSR count). The van der Waals surface area contributed by atoms with Crippen LogP contribution in [0.2, 0.25) is 0 Å². The number of aromatic nitrogens is 3. The zero-order chi connectivity index (χ0) is 14.6. The normalized spacial score (nSPS) is 12.5. The summed E-state index contributed by atoms with van der Waals surface area (Å²) >= 11 is 0. The molecule has 7 nitrogen and oxygen atoms in total. The number of amides is 1. The van der Waals surface area contributed by atoms with Crippen LogP contribution in [0.25, 0.3) is 0 Å². The van der Waals surface area contributed by atoms with Gasteiger partial charge in [-0.15, -0.1) is 17.4 Å². The molecule has 19 heavy (non-hydrogen) atoms. The third kappa shape index (κ3) is 3.81. The van der Waals surface area contributed by atoms with Gasteiger partial charge >= 0.3 is 5.97 Å². The largest absolute Gasteiger partial charge is 0.480 e. The summed E-state index contributed by atoms with van der Waals surface area (Å²) in [7, 11) is 0. The third-order valence-electron chi connectivity index (χ3n) is 2.32. The van der Waals surface area contributed by atoms with Gasteiger partial charge in [-0.3, -0.25) is 9.89 Å². The number of carbonyl (C=O) groups is 2. The van der Waals surface area contributed by atoms with Crippen molar-refractivity contribution in [1.29, 1.82) is 0 Å². The SMILES string of the molecule is C#CCC(NC(=O)c1n[nH]c(C(C)(C)C)n1)C(=O)O. The number of carboxylic acids is 1. The number of nitrogens with zero attached hydrogens (tertiary/aromatic N) is 2. The summed E-state index contributed by atoms with van der Waals surface area (Å²) in [5.41, 5.74) is -0.281. The van der Waals surface area contributed by atoms with Gasteiger partial charge in [0, 0.05) is 11.8 Å². The first-order valence-electron chi connectivity index (χ1n) is 5.65. The minimum absolute atomic E-state index is 0.0996. The number of terminal acetylenes is 1. The molecule has 1 amide bonds. The minimum atomic E-state index is -1.20. The van der Waals surface area contributed by atoms with Gasteiger partial charge < -0.3 is 10.4 Å². The molecule has 1 atom stereocenters. The van der Waals surface area contributed by atoms with Crippen LogP contribution < -0.4 is 5.32 Å². The molecular formula is C12H16N4O3. The first kappa shape index (κ1) is 14.7. The van der Waals surface area contributed by atoms with Crippen molar-refractivity contribution in [3.63, 3.8) is 0 Å². The Hall–Kier alpha value is -2.36.